The van der Waals surface area contributed by atoms with E-state index in [9.17, 15) is 13.2 Å². The van der Waals surface area contributed by atoms with E-state index in [1.165, 1.54) is 21.7 Å². The van der Waals surface area contributed by atoms with Crippen LogP contribution in [0.5, 0.6) is 0 Å². The summed E-state index contributed by atoms with van der Waals surface area (Å²) in [7, 11) is -3.80. The molecule has 3 aromatic heterocycles. The maximum atomic E-state index is 13.2. The molecule has 1 aliphatic heterocycles. The Balaban J connectivity index is 1.43. The molecule has 0 bridgehead atoms. The number of thiazole rings is 2. The Labute approximate surface area is 205 Å². The van der Waals surface area contributed by atoms with Gasteiger partial charge in [-0.3, -0.25) is 4.79 Å². The second-order valence-electron chi connectivity index (χ2n) is 7.14. The largest absolute Gasteiger partial charge is 0.301 e. The highest BCUT2D eigenvalue weighted by Gasteiger charge is 2.38. The Hall–Kier alpha value is -1.28. The zero-order chi connectivity index (χ0) is 22.5. The van der Waals surface area contributed by atoms with Gasteiger partial charge < -0.3 is 5.32 Å². The van der Waals surface area contributed by atoms with Crippen molar-refractivity contribution in [3.05, 3.63) is 28.6 Å². The van der Waals surface area contributed by atoms with Crippen LogP contribution < -0.4 is 5.32 Å². The Kier molecular flexibility index (Phi) is 6.20. The van der Waals surface area contributed by atoms with E-state index in [0.29, 0.717) is 28.9 Å². The fraction of sp³-hybridized carbons (Fsp3) is 0.316. The fourth-order valence-electron chi connectivity index (χ4n) is 3.69. The lowest BCUT2D eigenvalue weighted by Crippen LogP contribution is -2.49. The lowest BCUT2D eigenvalue weighted by atomic mass is 10.0. The molecular formula is C19H17ClN4O3S5. The molecule has 7 nitrogen and oxygen atoms in total. The van der Waals surface area contributed by atoms with E-state index >= 15 is 0 Å². The Morgan fingerprint density at radius 3 is 2.59 bits per heavy atom. The summed E-state index contributed by atoms with van der Waals surface area (Å²) in [6, 6.07) is 6.09. The number of hydrogen-bond donors (Lipinski definition) is 1. The number of carbonyl (C=O) groups is 1. The lowest BCUT2D eigenvalue weighted by molar-refractivity contribution is -0.120. The van der Waals surface area contributed by atoms with Gasteiger partial charge in [0.05, 0.1) is 24.8 Å². The van der Waals surface area contributed by atoms with Crippen LogP contribution in [0, 0.1) is 0 Å². The number of nitrogens with one attached hydrogen (secondary N) is 1. The number of rotatable bonds is 5. The number of benzene rings is 1. The van der Waals surface area contributed by atoms with Crippen molar-refractivity contribution in [1.82, 2.24) is 14.3 Å². The number of halogens is 1. The first kappa shape index (κ1) is 22.5. The van der Waals surface area contributed by atoms with Crippen molar-refractivity contribution in [2.45, 2.75) is 33.9 Å². The van der Waals surface area contributed by atoms with Crippen molar-refractivity contribution >= 4 is 98.9 Å². The van der Waals surface area contributed by atoms with Gasteiger partial charge in [-0.15, -0.1) is 22.7 Å². The van der Waals surface area contributed by atoms with Crippen LogP contribution in [0.15, 0.2) is 32.8 Å². The minimum atomic E-state index is -3.80. The summed E-state index contributed by atoms with van der Waals surface area (Å²) >= 11 is 11.5. The molecule has 5 rings (SSSR count). The molecule has 168 valence electrons. The minimum absolute atomic E-state index is 0.152. The first-order valence-electron chi connectivity index (χ1n) is 9.69. The average Bonchev–Trinajstić information content (AvgIpc) is 3.50. The van der Waals surface area contributed by atoms with Gasteiger partial charge in [-0.05, 0) is 43.4 Å². The molecule has 4 aromatic rings. The maximum absolute atomic E-state index is 13.2. The van der Waals surface area contributed by atoms with E-state index in [1.54, 1.807) is 29.2 Å². The monoisotopic (exact) mass is 544 g/mol. The number of thioether (sulfide) groups is 1. The van der Waals surface area contributed by atoms with E-state index < -0.39 is 16.1 Å². The van der Waals surface area contributed by atoms with Gasteiger partial charge in [-0.25, -0.2) is 18.4 Å². The third kappa shape index (κ3) is 4.06. The highest BCUT2D eigenvalue weighted by atomic mass is 35.5. The predicted octanol–water partition coefficient (Wildman–Crippen LogP) is 5.52. The highest BCUT2D eigenvalue weighted by Crippen LogP contribution is 2.38. The van der Waals surface area contributed by atoms with Gasteiger partial charge in [0.2, 0.25) is 5.91 Å². The summed E-state index contributed by atoms with van der Waals surface area (Å²) in [5, 5.41) is 3.32. The normalized spacial score (nSPS) is 17.9. The van der Waals surface area contributed by atoms with Crippen molar-refractivity contribution in [3.8, 4) is 0 Å². The first-order chi connectivity index (χ1) is 15.4. The number of hydrogen-bond acceptors (Lipinski definition) is 9. The number of anilines is 1. The SMILES string of the molecule is CSc1nc2ccc3nc(NC(=O)C4CCCCN4S(=O)(=O)c4ccc(Cl)s4)sc3c2s1. The predicted molar refractivity (Wildman–Crippen MR) is 134 cm³/mol. The summed E-state index contributed by atoms with van der Waals surface area (Å²) in [4.78, 5) is 22.3. The molecule has 1 aliphatic rings. The Bertz CT molecular complexity index is 1430. The molecule has 1 unspecified atom stereocenters. The summed E-state index contributed by atoms with van der Waals surface area (Å²) in [6.07, 6.45) is 3.95. The standard InChI is InChI=1S/C19H17ClN4O3S5/c1-28-19-22-11-6-5-10-15(16(11)31-19)30-18(21-10)23-17(25)12-4-2-3-9-24(12)32(26,27)14-8-7-13(20)29-14/h5-8,12H,2-4,9H2,1H3,(H,21,23,25). The number of sulfonamides is 1. The number of piperidine rings is 1. The second kappa shape index (κ2) is 8.82. The van der Waals surface area contributed by atoms with Gasteiger partial charge in [0.1, 0.15) is 10.3 Å². The first-order valence-corrected chi connectivity index (χ1v) is 15.2. The molecule has 0 aliphatic carbocycles. The molecule has 0 saturated carbocycles. The number of carbonyl (C=O) groups excluding carboxylic acids is 1. The van der Waals surface area contributed by atoms with Crippen LogP contribution >= 0.6 is 57.4 Å². The van der Waals surface area contributed by atoms with Crippen molar-refractivity contribution in [2.24, 2.45) is 0 Å². The lowest BCUT2D eigenvalue weighted by Gasteiger charge is -2.32. The molecule has 1 amide bonds. The maximum Gasteiger partial charge on any atom is 0.253 e. The van der Waals surface area contributed by atoms with Gasteiger partial charge in [0.25, 0.3) is 10.0 Å². The minimum Gasteiger partial charge on any atom is -0.301 e. The zero-order valence-electron chi connectivity index (χ0n) is 16.7. The molecular weight excluding hydrogens is 528 g/mol. The van der Waals surface area contributed by atoms with Crippen molar-refractivity contribution in [2.75, 3.05) is 18.1 Å². The second-order valence-corrected chi connectivity index (χ2v) is 14.0. The summed E-state index contributed by atoms with van der Waals surface area (Å²) in [6.45, 7) is 0.300. The fourth-order valence-corrected chi connectivity index (χ4v) is 9.62. The molecule has 1 aromatic carbocycles. The van der Waals surface area contributed by atoms with E-state index in [-0.39, 0.29) is 10.1 Å². The number of fused-ring (bicyclic) bond motifs is 3. The molecule has 1 atom stereocenters. The van der Waals surface area contributed by atoms with Crippen LogP contribution in [0.4, 0.5) is 5.13 Å². The van der Waals surface area contributed by atoms with Gasteiger partial charge >= 0.3 is 0 Å². The van der Waals surface area contributed by atoms with Crippen LogP contribution in [0.25, 0.3) is 20.4 Å². The quantitative estimate of drug-likeness (QED) is 0.332. The van der Waals surface area contributed by atoms with Gasteiger partial charge in [-0.2, -0.15) is 4.31 Å². The van der Waals surface area contributed by atoms with Crippen molar-refractivity contribution in [3.63, 3.8) is 0 Å². The summed E-state index contributed by atoms with van der Waals surface area (Å²) in [5.74, 6) is -0.361. The molecule has 1 N–H and O–H groups in total. The van der Waals surface area contributed by atoms with Crippen LogP contribution in [-0.2, 0) is 14.8 Å². The van der Waals surface area contributed by atoms with Gasteiger partial charge in [0, 0.05) is 6.54 Å². The number of aromatic nitrogens is 2. The zero-order valence-corrected chi connectivity index (χ0v) is 21.5. The molecule has 4 heterocycles. The summed E-state index contributed by atoms with van der Waals surface area (Å²) in [5.41, 5.74) is 1.70. The molecule has 1 saturated heterocycles. The van der Waals surface area contributed by atoms with Gasteiger partial charge in [0.15, 0.2) is 9.47 Å². The van der Waals surface area contributed by atoms with Crippen LogP contribution in [0.3, 0.4) is 0 Å². The van der Waals surface area contributed by atoms with Crippen molar-refractivity contribution in [1.29, 1.82) is 0 Å². The Morgan fingerprint density at radius 2 is 1.88 bits per heavy atom. The molecule has 13 heteroatoms. The molecule has 1 fully saturated rings. The number of amides is 1. The molecule has 32 heavy (non-hydrogen) atoms. The van der Waals surface area contributed by atoms with E-state index in [0.717, 1.165) is 42.5 Å². The molecule has 0 radical (unpaired) electrons. The smallest absolute Gasteiger partial charge is 0.253 e. The van der Waals surface area contributed by atoms with Crippen LogP contribution in [0.1, 0.15) is 19.3 Å². The third-order valence-corrected chi connectivity index (χ3v) is 12.0. The van der Waals surface area contributed by atoms with Crippen LogP contribution in [-0.4, -0.2) is 47.4 Å². The Morgan fingerprint density at radius 1 is 1.12 bits per heavy atom. The number of thiophene rings is 1. The highest BCUT2D eigenvalue weighted by molar-refractivity contribution is 8.00. The number of nitrogens with zero attached hydrogens (tertiary/aromatic N) is 3. The third-order valence-electron chi connectivity index (χ3n) is 5.17. The molecule has 0 spiro atoms. The van der Waals surface area contributed by atoms with Crippen LogP contribution in [0.2, 0.25) is 4.34 Å². The van der Waals surface area contributed by atoms with E-state index in [4.69, 9.17) is 11.6 Å². The summed E-state index contributed by atoms with van der Waals surface area (Å²) < 4.78 is 31.2. The van der Waals surface area contributed by atoms with Gasteiger partial charge in [-0.1, -0.05) is 41.1 Å². The average molecular weight is 545 g/mol. The topological polar surface area (TPSA) is 92.3 Å². The van der Waals surface area contributed by atoms with E-state index in [1.807, 2.05) is 18.4 Å². The van der Waals surface area contributed by atoms with Crippen molar-refractivity contribution < 1.29 is 13.2 Å². The van der Waals surface area contributed by atoms with E-state index in [2.05, 4.69) is 15.3 Å².